The third kappa shape index (κ3) is 31.4. The van der Waals surface area contributed by atoms with Gasteiger partial charge in [-0.2, -0.15) is 0 Å². The van der Waals surface area contributed by atoms with E-state index in [9.17, 15) is 30.3 Å². The molecule has 1 fully saturated rings. The van der Waals surface area contributed by atoms with Crippen LogP contribution in [0.15, 0.2) is 109 Å². The van der Waals surface area contributed by atoms with Gasteiger partial charge in [0.05, 0.1) is 25.4 Å². The Morgan fingerprint density at radius 3 is 1.48 bits per heavy atom. The van der Waals surface area contributed by atoms with Crippen LogP contribution in [0.5, 0.6) is 0 Å². The fraction of sp³-hybridized carbons (Fsp3) is 0.635. The Labute approximate surface area is 370 Å². The molecule has 0 aromatic heterocycles. The Morgan fingerprint density at radius 1 is 0.574 bits per heavy atom. The highest BCUT2D eigenvalue weighted by Crippen LogP contribution is 2.23. The molecule has 0 radical (unpaired) electrons. The summed E-state index contributed by atoms with van der Waals surface area (Å²) in [6.07, 6.45) is 53.5. The lowest BCUT2D eigenvalue weighted by Crippen LogP contribution is -2.60. The number of aliphatic hydroxyl groups is 5. The van der Waals surface area contributed by atoms with Gasteiger partial charge >= 0.3 is 0 Å². The van der Waals surface area contributed by atoms with Gasteiger partial charge in [-0.05, 0) is 83.5 Å². The van der Waals surface area contributed by atoms with Crippen LogP contribution in [0.25, 0.3) is 0 Å². The third-order valence-corrected chi connectivity index (χ3v) is 10.4. The highest BCUT2D eigenvalue weighted by Gasteiger charge is 2.44. The summed E-state index contributed by atoms with van der Waals surface area (Å²) >= 11 is 0. The first-order chi connectivity index (χ1) is 29.8. The smallest absolute Gasteiger partial charge is 0.220 e. The van der Waals surface area contributed by atoms with E-state index in [1.807, 2.05) is 0 Å². The Balaban J connectivity index is 2.08. The van der Waals surface area contributed by atoms with Crippen molar-refractivity contribution in [1.82, 2.24) is 5.32 Å². The summed E-state index contributed by atoms with van der Waals surface area (Å²) in [4.78, 5) is 12.8. The maximum absolute atomic E-state index is 12.8. The van der Waals surface area contributed by atoms with Gasteiger partial charge in [0.25, 0.3) is 0 Å². The van der Waals surface area contributed by atoms with E-state index in [2.05, 4.69) is 129 Å². The molecule has 346 valence electrons. The van der Waals surface area contributed by atoms with Crippen LogP contribution in [0.4, 0.5) is 0 Å². The van der Waals surface area contributed by atoms with Gasteiger partial charge in [-0.1, -0.05) is 175 Å². The van der Waals surface area contributed by atoms with E-state index in [1.54, 1.807) is 0 Å². The molecule has 0 aromatic carbocycles. The average molecular weight is 852 g/mol. The third-order valence-electron chi connectivity index (χ3n) is 10.4. The number of amides is 1. The molecule has 1 heterocycles. The molecular weight excluding hydrogens is 767 g/mol. The molecule has 0 saturated carbocycles. The molecule has 7 atom stereocenters. The van der Waals surface area contributed by atoms with Crippen LogP contribution >= 0.6 is 0 Å². The van der Waals surface area contributed by atoms with E-state index in [1.165, 1.54) is 19.3 Å². The lowest BCUT2D eigenvalue weighted by atomic mass is 9.99. The minimum absolute atomic E-state index is 0.155. The normalized spacial score (nSPS) is 21.5. The summed E-state index contributed by atoms with van der Waals surface area (Å²) in [5, 5.41) is 53.6. The van der Waals surface area contributed by atoms with Crippen molar-refractivity contribution in [2.45, 2.75) is 198 Å². The van der Waals surface area contributed by atoms with Crippen molar-refractivity contribution in [3.63, 3.8) is 0 Å². The zero-order valence-electron chi connectivity index (χ0n) is 37.9. The zero-order valence-corrected chi connectivity index (χ0v) is 37.9. The van der Waals surface area contributed by atoms with Crippen molar-refractivity contribution in [2.75, 3.05) is 13.2 Å². The van der Waals surface area contributed by atoms with Crippen LogP contribution in [-0.4, -0.2) is 87.5 Å². The molecule has 61 heavy (non-hydrogen) atoms. The van der Waals surface area contributed by atoms with Gasteiger partial charge in [0.15, 0.2) is 6.29 Å². The number of hydrogen-bond acceptors (Lipinski definition) is 8. The van der Waals surface area contributed by atoms with Gasteiger partial charge in [-0.25, -0.2) is 0 Å². The second-order valence-electron chi connectivity index (χ2n) is 15.8. The number of carbonyl (C=O) groups excluding carboxylic acids is 1. The SMILES string of the molecule is CC/C=C\C/C=C\C/C=C\C/C=C\C/C=C\C/C=C\C/C=C\C/C=C\C/C=C\CCCCCCCCCC(=O)NC(COC1OC(CO)C(O)C(O)C1O)C(O)CCCCC. The fourth-order valence-corrected chi connectivity index (χ4v) is 6.62. The Bertz CT molecular complexity index is 1310. The summed E-state index contributed by atoms with van der Waals surface area (Å²) in [5.41, 5.74) is 0. The largest absolute Gasteiger partial charge is 0.394 e. The average Bonchev–Trinajstić information content (AvgIpc) is 3.26. The number of rotatable bonds is 37. The number of allylic oxidation sites excluding steroid dienone is 18. The van der Waals surface area contributed by atoms with Crippen LogP contribution < -0.4 is 5.32 Å². The summed E-state index contributed by atoms with van der Waals surface area (Å²) in [5.74, 6) is -0.174. The zero-order chi connectivity index (χ0) is 44.4. The van der Waals surface area contributed by atoms with Gasteiger partial charge in [0, 0.05) is 6.42 Å². The van der Waals surface area contributed by atoms with Crippen molar-refractivity contribution in [3.05, 3.63) is 109 Å². The van der Waals surface area contributed by atoms with E-state index in [0.717, 1.165) is 109 Å². The van der Waals surface area contributed by atoms with Crippen molar-refractivity contribution in [2.24, 2.45) is 0 Å². The van der Waals surface area contributed by atoms with Crippen molar-refractivity contribution >= 4 is 5.91 Å². The Morgan fingerprint density at radius 2 is 1.02 bits per heavy atom. The minimum Gasteiger partial charge on any atom is -0.394 e. The molecule has 6 N–H and O–H groups in total. The molecule has 0 bridgehead atoms. The first-order valence-electron chi connectivity index (χ1n) is 23.6. The molecule has 1 aliphatic rings. The van der Waals surface area contributed by atoms with Gasteiger partial charge in [-0.3, -0.25) is 4.79 Å². The van der Waals surface area contributed by atoms with Crippen LogP contribution in [0.1, 0.15) is 155 Å². The highest BCUT2D eigenvalue weighted by molar-refractivity contribution is 5.76. The summed E-state index contributed by atoms with van der Waals surface area (Å²) in [6, 6.07) is -0.728. The predicted octanol–water partition coefficient (Wildman–Crippen LogP) is 10.3. The molecule has 9 nitrogen and oxygen atoms in total. The van der Waals surface area contributed by atoms with Gasteiger partial charge in [-0.15, -0.1) is 0 Å². The number of ether oxygens (including phenoxy) is 2. The van der Waals surface area contributed by atoms with Gasteiger partial charge in [0.1, 0.15) is 24.4 Å². The number of unbranched alkanes of at least 4 members (excludes halogenated alkanes) is 9. The molecule has 9 heteroatoms. The molecule has 0 spiro atoms. The topological polar surface area (TPSA) is 149 Å². The molecule has 1 aliphatic heterocycles. The van der Waals surface area contributed by atoms with Crippen LogP contribution in [-0.2, 0) is 14.3 Å². The van der Waals surface area contributed by atoms with E-state index in [0.29, 0.717) is 12.8 Å². The van der Waals surface area contributed by atoms with Crippen molar-refractivity contribution in [1.29, 1.82) is 0 Å². The van der Waals surface area contributed by atoms with Crippen molar-refractivity contribution in [3.8, 4) is 0 Å². The van der Waals surface area contributed by atoms with E-state index in [-0.39, 0.29) is 12.5 Å². The lowest BCUT2D eigenvalue weighted by Gasteiger charge is -2.40. The van der Waals surface area contributed by atoms with Crippen molar-refractivity contribution < 1.29 is 39.8 Å². The molecule has 1 saturated heterocycles. The molecular formula is C52H85NO8. The van der Waals surface area contributed by atoms with E-state index >= 15 is 0 Å². The maximum Gasteiger partial charge on any atom is 0.220 e. The number of nitrogens with one attached hydrogen (secondary N) is 1. The standard InChI is InChI=1S/C52H85NO8/c1-3-5-7-8-9-10-11-12-13-14-15-16-17-18-19-20-21-22-23-24-25-26-27-28-29-30-31-32-33-34-35-36-37-38-40-42-48(56)53-45(46(55)41-39-6-4-2)44-60-52-51(59)50(58)49(57)47(43-54)61-52/h5,7,9-10,12-13,15-16,18-19,21-22,24-25,27-28,30-31,45-47,49-52,54-55,57-59H,3-4,6,8,11,14,17,20,23,26,29,32-44H2,1-2H3,(H,53,56)/b7-5-,10-9-,13-12-,16-15-,19-18-,22-21-,25-24-,28-27-,31-30-. The first-order valence-corrected chi connectivity index (χ1v) is 23.6. The minimum atomic E-state index is -1.56. The Kier molecular flexibility index (Phi) is 37.5. The molecule has 1 amide bonds. The molecule has 0 aromatic rings. The number of aliphatic hydroxyl groups excluding tert-OH is 5. The summed E-state index contributed by atoms with van der Waals surface area (Å²) in [6.45, 7) is 3.51. The molecule has 7 unspecified atom stereocenters. The highest BCUT2D eigenvalue weighted by atomic mass is 16.7. The van der Waals surface area contributed by atoms with Crippen LogP contribution in [0, 0.1) is 0 Å². The predicted molar refractivity (Wildman–Crippen MR) is 253 cm³/mol. The first kappa shape index (κ1) is 55.9. The van der Waals surface area contributed by atoms with E-state index in [4.69, 9.17) is 9.47 Å². The molecule has 0 aliphatic carbocycles. The van der Waals surface area contributed by atoms with Gasteiger partial charge in [0.2, 0.25) is 5.91 Å². The monoisotopic (exact) mass is 852 g/mol. The number of carbonyl (C=O) groups is 1. The summed E-state index contributed by atoms with van der Waals surface area (Å²) in [7, 11) is 0. The quantitative estimate of drug-likeness (QED) is 0.0267. The lowest BCUT2D eigenvalue weighted by molar-refractivity contribution is -0.302. The fourth-order valence-electron chi connectivity index (χ4n) is 6.62. The van der Waals surface area contributed by atoms with E-state index < -0.39 is 49.5 Å². The molecule has 1 rings (SSSR count). The summed E-state index contributed by atoms with van der Waals surface area (Å²) < 4.78 is 11.1. The van der Waals surface area contributed by atoms with Gasteiger partial charge < -0.3 is 40.3 Å². The van der Waals surface area contributed by atoms with Crippen LogP contribution in [0.2, 0.25) is 0 Å². The number of hydrogen-bond donors (Lipinski definition) is 6. The second-order valence-corrected chi connectivity index (χ2v) is 15.8. The second kappa shape index (κ2) is 40.9. The maximum atomic E-state index is 12.8. The van der Waals surface area contributed by atoms with Crippen LogP contribution in [0.3, 0.4) is 0 Å². The Hall–Kier alpha value is -3.15.